The third-order valence-electron chi connectivity index (χ3n) is 12.7. The molecule has 0 unspecified atom stereocenters. The van der Waals surface area contributed by atoms with Crippen molar-refractivity contribution < 1.29 is 32.9 Å². The maximum atomic E-state index is 10.5. The Morgan fingerprint density at radius 3 is 1.84 bits per heavy atom. The average molecular weight is 826 g/mol. The Balaban J connectivity index is 1.25. The predicted octanol–water partition coefficient (Wildman–Crippen LogP) is 16.3. The molecule has 0 saturated heterocycles. The Kier molecular flexibility index (Phi) is 4.15. The molecule has 296 valence electrons. The fraction of sp³-hybridized carbons (Fsp3) is 0.0645. The minimum atomic E-state index is -2.75. The highest BCUT2D eigenvalue weighted by molar-refractivity contribution is 6.10. The van der Waals surface area contributed by atoms with E-state index in [9.17, 15) is 24.7 Å². The molecule has 63 heavy (non-hydrogen) atoms. The van der Waals surface area contributed by atoms with Crippen LogP contribution in [0.25, 0.3) is 66.4 Å². The molecule has 3 aliphatic rings. The number of hydrogen-bond acceptors (Lipinski definition) is 1. The van der Waals surface area contributed by atoms with E-state index in [2.05, 4.69) is 13.8 Å². The van der Waals surface area contributed by atoms with E-state index >= 15 is 0 Å². The van der Waals surface area contributed by atoms with Gasteiger partial charge in [0.15, 0.2) is 0 Å². The number of fused-ring (bicyclic) bond motifs is 14. The molecular weight excluding hydrogens is 759 g/mol. The van der Waals surface area contributed by atoms with Crippen molar-refractivity contribution in [3.63, 3.8) is 0 Å². The van der Waals surface area contributed by atoms with E-state index in [-0.39, 0.29) is 5.69 Å². The summed E-state index contributed by atoms with van der Waals surface area (Å²) >= 11 is 0. The number of nitrogens with zero attached hydrogens (tertiary/aromatic N) is 1. The van der Waals surface area contributed by atoms with Gasteiger partial charge in [-0.05, 0) is 136 Å². The summed E-state index contributed by atoms with van der Waals surface area (Å²) in [7, 11) is 0. The van der Waals surface area contributed by atoms with Crippen LogP contribution in [-0.2, 0) is 10.8 Å². The van der Waals surface area contributed by atoms with Crippen molar-refractivity contribution in [3.05, 3.63) is 257 Å². The van der Waals surface area contributed by atoms with Gasteiger partial charge in [0.1, 0.15) is 0 Å². The Morgan fingerprint density at radius 1 is 0.381 bits per heavy atom. The van der Waals surface area contributed by atoms with Crippen LogP contribution in [0, 0.1) is 0 Å². The van der Waals surface area contributed by atoms with Gasteiger partial charge in [0.25, 0.3) is 0 Å². The zero-order chi connectivity index (χ0) is 62.8. The molecule has 1 nitrogen and oxygen atoms in total. The van der Waals surface area contributed by atoms with E-state index < -0.39 is 233 Å². The van der Waals surface area contributed by atoms with Crippen molar-refractivity contribution >= 4 is 27.8 Å². The Labute approximate surface area is 402 Å². The normalized spacial score (nSPS) is 19.5. The maximum absolute atomic E-state index is 10.5. The van der Waals surface area contributed by atoms with Gasteiger partial charge >= 0.3 is 0 Å². The van der Waals surface area contributed by atoms with Crippen molar-refractivity contribution in [2.24, 2.45) is 0 Å². The monoisotopic (exact) mass is 825 g/mol. The highest BCUT2D eigenvalue weighted by Gasteiger charge is 2.52. The van der Waals surface area contributed by atoms with Gasteiger partial charge in [0.2, 0.25) is 0 Å². The molecule has 0 heterocycles. The fourth-order valence-electron chi connectivity index (χ4n) is 10.0. The molecule has 0 aromatic heterocycles. The lowest BCUT2D eigenvalue weighted by Gasteiger charge is -2.30. The smallest absolute Gasteiger partial charge is 0.0725 e. The summed E-state index contributed by atoms with van der Waals surface area (Å²) in [5, 5.41) is -1.27. The molecule has 0 radical (unpaired) electrons. The zero-order valence-electron chi connectivity index (χ0n) is 57.5. The zero-order valence-corrected chi connectivity index (χ0v) is 33.5. The van der Waals surface area contributed by atoms with E-state index in [4.69, 9.17) is 8.22 Å². The molecule has 1 spiro atoms. The number of rotatable bonds is 5. The standard InChI is InChI=1S/C62H43N/c1-61(2)53-29-12-8-24-47(53)50-37-35-44(39-58(50)61)63(42-20-4-3-5-21-42)43-22-16-19-41(38-43)46-36-34-40-18-6-7-23-45(40)59(46)52-28-17-33-57-60(52)51-27-11-15-32-56(51)62(57)54-30-13-9-25-48(54)49-26-10-14-31-55(49)62/h3-39H,1-2H3/i6D,7D,9D,10D,11D,13D,14D,15D,16D,18D,19D,22D,23D,25D,26D,27D,28D,30D,31D,32D,33D,34D,36D,38D. The second-order valence-electron chi connectivity index (χ2n) is 16.1. The first kappa shape index (κ1) is 19.5. The number of para-hydroxylation sites is 1. The largest absolute Gasteiger partial charge is 0.310 e. The van der Waals surface area contributed by atoms with Crippen LogP contribution in [0.4, 0.5) is 17.1 Å². The molecule has 10 aromatic carbocycles. The maximum Gasteiger partial charge on any atom is 0.0725 e. The molecule has 0 N–H and O–H groups in total. The molecule has 0 bridgehead atoms. The number of benzene rings is 10. The van der Waals surface area contributed by atoms with Crippen molar-refractivity contribution in [1.29, 1.82) is 0 Å². The summed E-state index contributed by atoms with van der Waals surface area (Å²) in [6.07, 6.45) is 0. The summed E-state index contributed by atoms with van der Waals surface area (Å²) in [6, 6.07) is 2.34. The van der Waals surface area contributed by atoms with E-state index in [1.807, 2.05) is 36.4 Å². The quantitative estimate of drug-likeness (QED) is 0.167. The summed E-state index contributed by atoms with van der Waals surface area (Å²) in [4.78, 5) is 1.53. The molecule has 0 atom stereocenters. The van der Waals surface area contributed by atoms with Gasteiger partial charge in [0.05, 0.1) is 38.3 Å². The van der Waals surface area contributed by atoms with Crippen LogP contribution >= 0.6 is 0 Å². The fourth-order valence-corrected chi connectivity index (χ4v) is 10.0. The van der Waals surface area contributed by atoms with Crippen molar-refractivity contribution in [1.82, 2.24) is 0 Å². The topological polar surface area (TPSA) is 3.24 Å². The number of anilines is 3. The van der Waals surface area contributed by atoms with Crippen LogP contribution in [0.15, 0.2) is 224 Å². The summed E-state index contributed by atoms with van der Waals surface area (Å²) in [5.41, 5.74) is -6.15. The van der Waals surface area contributed by atoms with Crippen LogP contribution < -0.4 is 4.90 Å². The van der Waals surface area contributed by atoms with E-state index in [0.717, 1.165) is 28.3 Å². The molecule has 0 fully saturated rings. The molecular formula is C62H43N. The third kappa shape index (κ3) is 4.94. The molecule has 3 aliphatic carbocycles. The summed E-state index contributed by atoms with van der Waals surface area (Å²) in [5.74, 6) is 0. The second kappa shape index (κ2) is 13.4. The second-order valence-corrected chi connectivity index (χ2v) is 16.1. The molecule has 0 amide bonds. The summed E-state index contributed by atoms with van der Waals surface area (Å²) in [6.45, 7) is 4.10. The lowest BCUT2D eigenvalue weighted by Crippen LogP contribution is -2.25. The highest BCUT2D eigenvalue weighted by Crippen LogP contribution is 2.64. The van der Waals surface area contributed by atoms with Crippen LogP contribution in [0.1, 0.15) is 80.1 Å². The van der Waals surface area contributed by atoms with Gasteiger partial charge in [0, 0.05) is 22.5 Å². The van der Waals surface area contributed by atoms with Crippen LogP contribution in [0.5, 0.6) is 0 Å². The minimum absolute atomic E-state index is 0.337. The molecule has 13 rings (SSSR count). The van der Waals surface area contributed by atoms with Crippen molar-refractivity contribution in [2.75, 3.05) is 4.90 Å². The minimum Gasteiger partial charge on any atom is -0.310 e. The average Bonchev–Trinajstić information content (AvgIpc) is 1.49. The first-order valence-corrected chi connectivity index (χ1v) is 20.2. The van der Waals surface area contributed by atoms with E-state index in [0.29, 0.717) is 11.4 Å². The molecule has 10 aromatic rings. The Hall–Kier alpha value is -7.74. The molecule has 1 heteroatoms. The molecule has 0 saturated carbocycles. The third-order valence-corrected chi connectivity index (χ3v) is 12.7. The van der Waals surface area contributed by atoms with Crippen LogP contribution in [-0.4, -0.2) is 0 Å². The van der Waals surface area contributed by atoms with Crippen molar-refractivity contribution in [2.45, 2.75) is 24.7 Å². The SMILES string of the molecule is [2H]c1cc([2H])c2c(c1-c1c(-c3c([2H])c([2H])c([2H])c(N(c4ccccc4)c4ccc5c(c4)C(C)(C)c4ccccc4-5)c3[2H])c([2H])c([2H])c3c([2H])c([2H])c([2H])c([2H])c13)-c1c([2H])c([2H])c([2H])c([2H])c1C21c2c([2H])c([2H])c([2H])c([2H])c2-c2c([2H])c([2H])c([2H])c([2H])c21. The number of hydrogen-bond donors (Lipinski definition) is 0. The first-order chi connectivity index (χ1) is 41.0. The predicted molar refractivity (Wildman–Crippen MR) is 263 cm³/mol. The van der Waals surface area contributed by atoms with Crippen LogP contribution in [0.3, 0.4) is 0 Å². The van der Waals surface area contributed by atoms with Crippen LogP contribution in [0.2, 0.25) is 0 Å². The van der Waals surface area contributed by atoms with Gasteiger partial charge in [-0.25, -0.2) is 0 Å². The lowest BCUT2D eigenvalue weighted by molar-refractivity contribution is 0.660. The first-order valence-electron chi connectivity index (χ1n) is 32.2. The Bertz CT molecular complexity index is 4830. The lowest BCUT2D eigenvalue weighted by atomic mass is 9.70. The van der Waals surface area contributed by atoms with Gasteiger partial charge in [-0.1, -0.05) is 201 Å². The van der Waals surface area contributed by atoms with Gasteiger partial charge < -0.3 is 4.90 Å². The van der Waals surface area contributed by atoms with E-state index in [1.165, 1.54) is 4.90 Å². The Morgan fingerprint density at radius 2 is 1.05 bits per heavy atom. The van der Waals surface area contributed by atoms with Gasteiger partial charge in [-0.15, -0.1) is 0 Å². The summed E-state index contributed by atoms with van der Waals surface area (Å²) < 4.78 is 229. The molecule has 0 aliphatic heterocycles. The van der Waals surface area contributed by atoms with Crippen molar-refractivity contribution in [3.8, 4) is 55.6 Å². The van der Waals surface area contributed by atoms with E-state index in [1.54, 1.807) is 36.4 Å². The van der Waals surface area contributed by atoms with Gasteiger partial charge in [-0.2, -0.15) is 0 Å². The van der Waals surface area contributed by atoms with Gasteiger partial charge in [-0.3, -0.25) is 0 Å². The highest BCUT2D eigenvalue weighted by atomic mass is 15.1.